The van der Waals surface area contributed by atoms with Gasteiger partial charge in [-0.1, -0.05) is 23.7 Å². The highest BCUT2D eigenvalue weighted by molar-refractivity contribution is 7.89. The molecule has 0 spiro atoms. The first-order chi connectivity index (χ1) is 9.40. The van der Waals surface area contributed by atoms with Gasteiger partial charge in [0.05, 0.1) is 17.3 Å². The monoisotopic (exact) mass is 313 g/mol. The van der Waals surface area contributed by atoms with Crippen LogP contribution in [0.2, 0.25) is 5.02 Å². The summed E-state index contributed by atoms with van der Waals surface area (Å²) in [6.45, 7) is 4.57. The molecule has 0 amide bonds. The van der Waals surface area contributed by atoms with Crippen molar-refractivity contribution in [3.63, 3.8) is 0 Å². The van der Waals surface area contributed by atoms with Crippen molar-refractivity contribution in [2.45, 2.75) is 25.3 Å². The largest absolute Gasteiger partial charge is 0.268 e. The van der Waals surface area contributed by atoms with Crippen LogP contribution in [0.15, 0.2) is 35.2 Å². The fourth-order valence-corrected chi connectivity index (χ4v) is 3.47. The molecule has 20 heavy (non-hydrogen) atoms. The highest BCUT2D eigenvalue weighted by Crippen LogP contribution is 2.19. The fourth-order valence-electron chi connectivity index (χ4n) is 1.93. The van der Waals surface area contributed by atoms with Gasteiger partial charge >= 0.3 is 0 Å². The summed E-state index contributed by atoms with van der Waals surface area (Å²) in [4.78, 5) is 0.0926. The Labute approximate surface area is 123 Å². The molecule has 0 aliphatic carbocycles. The normalized spacial score (nSPS) is 11.8. The summed E-state index contributed by atoms with van der Waals surface area (Å²) in [5.74, 6) is 0. The number of nitrogens with zero attached hydrogens (tertiary/aromatic N) is 2. The van der Waals surface area contributed by atoms with Crippen LogP contribution < -0.4 is 4.72 Å². The smallest absolute Gasteiger partial charge is 0.242 e. The van der Waals surface area contributed by atoms with Gasteiger partial charge < -0.3 is 0 Å². The van der Waals surface area contributed by atoms with Crippen molar-refractivity contribution >= 4 is 21.6 Å². The van der Waals surface area contributed by atoms with E-state index in [0.717, 1.165) is 11.4 Å². The van der Waals surface area contributed by atoms with Crippen LogP contribution >= 0.6 is 11.6 Å². The fraction of sp³-hybridized carbons (Fsp3) is 0.308. The lowest BCUT2D eigenvalue weighted by molar-refractivity contribution is 0.554. The molecule has 5 nitrogen and oxygen atoms in total. The zero-order valence-corrected chi connectivity index (χ0v) is 12.9. The van der Waals surface area contributed by atoms with Crippen LogP contribution in [0.1, 0.15) is 11.4 Å². The van der Waals surface area contributed by atoms with Crippen molar-refractivity contribution < 1.29 is 8.42 Å². The molecule has 0 radical (unpaired) electrons. The van der Waals surface area contributed by atoms with Crippen LogP contribution in [0.4, 0.5) is 0 Å². The van der Waals surface area contributed by atoms with Gasteiger partial charge in [-0.15, -0.1) is 0 Å². The van der Waals surface area contributed by atoms with Crippen molar-refractivity contribution in [1.82, 2.24) is 14.5 Å². The Balaban J connectivity index is 2.04. The van der Waals surface area contributed by atoms with Crippen molar-refractivity contribution in [2.24, 2.45) is 0 Å². The third-order valence-corrected chi connectivity index (χ3v) is 4.81. The van der Waals surface area contributed by atoms with Gasteiger partial charge in [0, 0.05) is 12.2 Å². The quantitative estimate of drug-likeness (QED) is 0.919. The SMILES string of the molecule is Cc1cc(C)n(CCNS(=O)(=O)c2ccccc2Cl)n1. The molecule has 0 atom stereocenters. The maximum Gasteiger partial charge on any atom is 0.242 e. The molecular formula is C13H16ClN3O2S. The summed E-state index contributed by atoms with van der Waals surface area (Å²) in [7, 11) is -3.59. The lowest BCUT2D eigenvalue weighted by Gasteiger charge is -2.09. The summed E-state index contributed by atoms with van der Waals surface area (Å²) in [5.41, 5.74) is 1.91. The molecule has 0 aliphatic rings. The number of aryl methyl sites for hydroxylation is 2. The molecule has 1 aromatic carbocycles. The number of hydrogen-bond acceptors (Lipinski definition) is 3. The number of halogens is 1. The number of nitrogens with one attached hydrogen (secondary N) is 1. The van der Waals surface area contributed by atoms with Gasteiger partial charge in [-0.2, -0.15) is 5.10 Å². The Morgan fingerprint density at radius 2 is 2.00 bits per heavy atom. The van der Waals surface area contributed by atoms with E-state index in [2.05, 4.69) is 9.82 Å². The second-order valence-electron chi connectivity index (χ2n) is 4.48. The molecule has 1 heterocycles. The molecule has 0 unspecified atom stereocenters. The third kappa shape index (κ3) is 3.39. The topological polar surface area (TPSA) is 64.0 Å². The van der Waals surface area contributed by atoms with Gasteiger partial charge in [0.1, 0.15) is 4.90 Å². The standard InChI is InChI=1S/C13H16ClN3O2S/c1-10-9-11(2)17(16-10)8-7-15-20(18,19)13-6-4-3-5-12(13)14/h3-6,9,15H,7-8H2,1-2H3. The van der Waals surface area contributed by atoms with E-state index in [4.69, 9.17) is 11.6 Å². The Morgan fingerprint density at radius 3 is 2.60 bits per heavy atom. The Kier molecular flexibility index (Phi) is 4.47. The maximum absolute atomic E-state index is 12.1. The van der Waals surface area contributed by atoms with Gasteiger partial charge in [0.25, 0.3) is 0 Å². The molecule has 0 saturated heterocycles. The predicted octanol–water partition coefficient (Wildman–Crippen LogP) is 2.13. The summed E-state index contributed by atoms with van der Waals surface area (Å²) in [5, 5.41) is 4.49. The zero-order chi connectivity index (χ0) is 14.8. The minimum atomic E-state index is -3.59. The number of sulfonamides is 1. The lowest BCUT2D eigenvalue weighted by Crippen LogP contribution is -2.28. The van der Waals surface area contributed by atoms with Crippen LogP contribution in [0, 0.1) is 13.8 Å². The van der Waals surface area contributed by atoms with E-state index in [1.165, 1.54) is 6.07 Å². The van der Waals surface area contributed by atoms with Crippen LogP contribution in [0.25, 0.3) is 0 Å². The van der Waals surface area contributed by atoms with Crippen molar-refractivity contribution in [3.05, 3.63) is 46.7 Å². The van der Waals surface area contributed by atoms with Gasteiger partial charge in [0.2, 0.25) is 10.0 Å². The van der Waals surface area contributed by atoms with Gasteiger partial charge in [-0.05, 0) is 32.0 Å². The molecule has 2 aromatic rings. The molecule has 0 bridgehead atoms. The van der Waals surface area contributed by atoms with Crippen LogP contribution in [-0.4, -0.2) is 24.7 Å². The number of benzene rings is 1. The van der Waals surface area contributed by atoms with Gasteiger partial charge in [-0.25, -0.2) is 13.1 Å². The molecule has 1 N–H and O–H groups in total. The number of aromatic nitrogens is 2. The van der Waals surface area contributed by atoms with E-state index < -0.39 is 10.0 Å². The van der Waals surface area contributed by atoms with Crippen LogP contribution in [-0.2, 0) is 16.6 Å². The predicted molar refractivity (Wildman–Crippen MR) is 78.3 cm³/mol. The van der Waals surface area contributed by atoms with E-state index in [1.807, 2.05) is 19.9 Å². The molecule has 0 aliphatic heterocycles. The number of rotatable bonds is 5. The second kappa shape index (κ2) is 5.95. The zero-order valence-electron chi connectivity index (χ0n) is 11.3. The molecular weight excluding hydrogens is 298 g/mol. The average molecular weight is 314 g/mol. The van der Waals surface area contributed by atoms with Crippen LogP contribution in [0.3, 0.4) is 0 Å². The van der Waals surface area contributed by atoms with Gasteiger partial charge in [-0.3, -0.25) is 4.68 Å². The van der Waals surface area contributed by atoms with Crippen molar-refractivity contribution in [1.29, 1.82) is 0 Å². The lowest BCUT2D eigenvalue weighted by atomic mass is 10.4. The molecule has 1 aromatic heterocycles. The Hall–Kier alpha value is -1.37. The first-order valence-corrected chi connectivity index (χ1v) is 8.01. The highest BCUT2D eigenvalue weighted by Gasteiger charge is 2.16. The molecule has 108 valence electrons. The summed E-state index contributed by atoms with van der Waals surface area (Å²) >= 11 is 5.90. The van der Waals surface area contributed by atoms with E-state index in [1.54, 1.807) is 22.9 Å². The summed E-state index contributed by atoms with van der Waals surface area (Å²) in [6.07, 6.45) is 0. The molecule has 0 saturated carbocycles. The van der Waals surface area contributed by atoms with E-state index in [-0.39, 0.29) is 16.5 Å². The Morgan fingerprint density at radius 1 is 1.30 bits per heavy atom. The second-order valence-corrected chi connectivity index (χ2v) is 6.62. The maximum atomic E-state index is 12.1. The molecule has 0 fully saturated rings. The van der Waals surface area contributed by atoms with Gasteiger partial charge in [0.15, 0.2) is 0 Å². The average Bonchev–Trinajstić information content (AvgIpc) is 2.68. The minimum absolute atomic E-state index is 0.0926. The van der Waals surface area contributed by atoms with E-state index >= 15 is 0 Å². The number of hydrogen-bond donors (Lipinski definition) is 1. The van der Waals surface area contributed by atoms with Crippen molar-refractivity contribution in [2.75, 3.05) is 6.54 Å². The Bertz CT molecular complexity index is 710. The van der Waals surface area contributed by atoms with E-state index in [9.17, 15) is 8.42 Å². The summed E-state index contributed by atoms with van der Waals surface area (Å²) in [6, 6.07) is 8.31. The third-order valence-electron chi connectivity index (χ3n) is 2.85. The molecule has 7 heteroatoms. The van der Waals surface area contributed by atoms with E-state index in [0.29, 0.717) is 6.54 Å². The first kappa shape index (κ1) is 15.0. The van der Waals surface area contributed by atoms with Crippen molar-refractivity contribution in [3.8, 4) is 0 Å². The summed E-state index contributed by atoms with van der Waals surface area (Å²) < 4.78 is 28.5. The minimum Gasteiger partial charge on any atom is -0.268 e. The first-order valence-electron chi connectivity index (χ1n) is 6.15. The highest BCUT2D eigenvalue weighted by atomic mass is 35.5. The molecule has 2 rings (SSSR count). The van der Waals surface area contributed by atoms with Crippen LogP contribution in [0.5, 0.6) is 0 Å².